The Labute approximate surface area is 163 Å². The number of morpholine rings is 1. The Morgan fingerprint density at radius 3 is 2.32 bits per heavy atom. The summed E-state index contributed by atoms with van der Waals surface area (Å²) in [5.41, 5.74) is 1.02. The molecule has 0 saturated carbocycles. The Morgan fingerprint density at radius 2 is 1.68 bits per heavy atom. The summed E-state index contributed by atoms with van der Waals surface area (Å²) < 4.78 is 36.7. The molecule has 1 fully saturated rings. The van der Waals surface area contributed by atoms with E-state index < -0.39 is 21.9 Å². The normalized spacial score (nSPS) is 15.0. The number of methoxy groups -OCH3 is 1. The SMILES string of the molecule is COC(=O)c1ccc(C(=O)Nc2cccc(S(=O)(=O)N3CCOCC3)c2)cc1. The van der Waals surface area contributed by atoms with Crippen molar-refractivity contribution in [2.45, 2.75) is 4.90 Å². The maximum Gasteiger partial charge on any atom is 0.337 e. The molecule has 1 aliphatic heterocycles. The summed E-state index contributed by atoms with van der Waals surface area (Å²) in [6.45, 7) is 1.31. The molecule has 0 aliphatic carbocycles. The number of sulfonamides is 1. The first-order chi connectivity index (χ1) is 13.4. The van der Waals surface area contributed by atoms with E-state index in [2.05, 4.69) is 10.1 Å². The van der Waals surface area contributed by atoms with Gasteiger partial charge in [0, 0.05) is 24.3 Å². The fourth-order valence-electron chi connectivity index (χ4n) is 2.75. The number of benzene rings is 2. The van der Waals surface area contributed by atoms with Gasteiger partial charge in [-0.3, -0.25) is 4.79 Å². The summed E-state index contributed by atoms with van der Waals surface area (Å²) in [6.07, 6.45) is 0. The van der Waals surface area contributed by atoms with Crippen molar-refractivity contribution in [1.29, 1.82) is 0 Å². The number of carbonyl (C=O) groups excluding carboxylic acids is 2. The number of ether oxygens (including phenoxy) is 2. The Hall–Kier alpha value is -2.75. The van der Waals surface area contributed by atoms with E-state index in [4.69, 9.17) is 4.74 Å². The van der Waals surface area contributed by atoms with Gasteiger partial charge in [0.25, 0.3) is 5.91 Å². The molecule has 2 aromatic rings. The van der Waals surface area contributed by atoms with Crippen LogP contribution in [0.3, 0.4) is 0 Å². The van der Waals surface area contributed by atoms with Gasteiger partial charge in [-0.15, -0.1) is 0 Å². The second-order valence-corrected chi connectivity index (χ2v) is 8.01. The largest absolute Gasteiger partial charge is 0.465 e. The van der Waals surface area contributed by atoms with Crippen molar-refractivity contribution < 1.29 is 27.5 Å². The van der Waals surface area contributed by atoms with Gasteiger partial charge in [-0.1, -0.05) is 6.07 Å². The maximum atomic E-state index is 12.7. The van der Waals surface area contributed by atoms with Crippen LogP contribution in [-0.4, -0.2) is 58.0 Å². The number of nitrogens with one attached hydrogen (secondary N) is 1. The van der Waals surface area contributed by atoms with Crippen LogP contribution < -0.4 is 5.32 Å². The Kier molecular flexibility index (Phi) is 6.08. The lowest BCUT2D eigenvalue weighted by Gasteiger charge is -2.26. The highest BCUT2D eigenvalue weighted by molar-refractivity contribution is 7.89. The number of carbonyl (C=O) groups is 2. The van der Waals surface area contributed by atoms with Crippen LogP contribution in [0.15, 0.2) is 53.4 Å². The van der Waals surface area contributed by atoms with Gasteiger partial charge in [-0.25, -0.2) is 13.2 Å². The van der Waals surface area contributed by atoms with Crippen molar-refractivity contribution in [1.82, 2.24) is 4.31 Å². The lowest BCUT2D eigenvalue weighted by Crippen LogP contribution is -2.40. The third-order valence-corrected chi connectivity index (χ3v) is 6.16. The van der Waals surface area contributed by atoms with E-state index in [1.54, 1.807) is 12.1 Å². The molecule has 1 heterocycles. The molecule has 0 spiro atoms. The van der Waals surface area contributed by atoms with Gasteiger partial charge in [0.2, 0.25) is 10.0 Å². The van der Waals surface area contributed by atoms with Crippen molar-refractivity contribution in [3.8, 4) is 0 Å². The molecule has 0 bridgehead atoms. The minimum absolute atomic E-state index is 0.105. The Balaban J connectivity index is 1.75. The summed E-state index contributed by atoms with van der Waals surface area (Å²) in [4.78, 5) is 24.0. The van der Waals surface area contributed by atoms with Gasteiger partial charge < -0.3 is 14.8 Å². The average Bonchev–Trinajstić information content (AvgIpc) is 2.74. The fraction of sp³-hybridized carbons (Fsp3) is 0.263. The minimum atomic E-state index is -3.65. The lowest BCUT2D eigenvalue weighted by molar-refractivity contribution is 0.0600. The van der Waals surface area contributed by atoms with E-state index in [-0.39, 0.29) is 4.90 Å². The van der Waals surface area contributed by atoms with Gasteiger partial charge in [0.1, 0.15) is 0 Å². The average molecular weight is 404 g/mol. The zero-order chi connectivity index (χ0) is 20.1. The highest BCUT2D eigenvalue weighted by Crippen LogP contribution is 2.21. The third kappa shape index (κ3) is 4.38. The van der Waals surface area contributed by atoms with Crippen molar-refractivity contribution in [3.63, 3.8) is 0 Å². The molecule has 148 valence electrons. The molecule has 1 aliphatic rings. The van der Waals surface area contributed by atoms with Gasteiger partial charge in [-0.2, -0.15) is 4.31 Å². The van der Waals surface area contributed by atoms with E-state index in [1.807, 2.05) is 0 Å². The van der Waals surface area contributed by atoms with Crippen molar-refractivity contribution in [2.24, 2.45) is 0 Å². The minimum Gasteiger partial charge on any atom is -0.465 e. The van der Waals surface area contributed by atoms with Crippen LogP contribution in [0.4, 0.5) is 5.69 Å². The first-order valence-electron chi connectivity index (χ1n) is 8.59. The zero-order valence-corrected chi connectivity index (χ0v) is 16.1. The van der Waals surface area contributed by atoms with Crippen LogP contribution >= 0.6 is 0 Å². The van der Waals surface area contributed by atoms with Gasteiger partial charge in [-0.05, 0) is 42.5 Å². The molecule has 8 nitrogen and oxygen atoms in total. The molecular weight excluding hydrogens is 384 g/mol. The number of nitrogens with zero attached hydrogens (tertiary/aromatic N) is 1. The third-order valence-electron chi connectivity index (χ3n) is 4.27. The van der Waals surface area contributed by atoms with E-state index in [0.717, 1.165) is 0 Å². The Bertz CT molecular complexity index is 966. The first-order valence-corrected chi connectivity index (χ1v) is 10.0. The molecule has 0 radical (unpaired) electrons. The molecule has 9 heteroatoms. The smallest absolute Gasteiger partial charge is 0.337 e. The predicted octanol–water partition coefficient (Wildman–Crippen LogP) is 1.75. The topological polar surface area (TPSA) is 102 Å². The number of esters is 1. The number of hydrogen-bond donors (Lipinski definition) is 1. The molecule has 0 unspecified atom stereocenters. The quantitative estimate of drug-likeness (QED) is 0.762. The number of rotatable bonds is 5. The first kappa shape index (κ1) is 20.0. The van der Waals surface area contributed by atoms with Crippen LogP contribution in [0.1, 0.15) is 20.7 Å². The highest BCUT2D eigenvalue weighted by Gasteiger charge is 2.26. The summed E-state index contributed by atoms with van der Waals surface area (Å²) in [5, 5.41) is 2.67. The number of anilines is 1. The number of hydrogen-bond acceptors (Lipinski definition) is 6. The monoisotopic (exact) mass is 404 g/mol. The summed E-state index contributed by atoms with van der Waals surface area (Å²) in [5.74, 6) is -0.912. The summed E-state index contributed by atoms with van der Waals surface area (Å²) in [6, 6.07) is 12.1. The molecule has 0 atom stereocenters. The van der Waals surface area contributed by atoms with Gasteiger partial charge in [0.15, 0.2) is 0 Å². The van der Waals surface area contributed by atoms with E-state index in [0.29, 0.717) is 43.1 Å². The van der Waals surface area contributed by atoms with Crippen LogP contribution in [0, 0.1) is 0 Å². The summed E-state index contributed by atoms with van der Waals surface area (Å²) >= 11 is 0. The van der Waals surface area contributed by atoms with Gasteiger partial charge in [0.05, 0.1) is 30.8 Å². The molecule has 1 amide bonds. The molecule has 0 aromatic heterocycles. The molecule has 2 aromatic carbocycles. The second-order valence-electron chi connectivity index (χ2n) is 6.07. The van der Waals surface area contributed by atoms with Crippen molar-refractivity contribution in [3.05, 3.63) is 59.7 Å². The second kappa shape index (κ2) is 8.51. The molecule has 1 N–H and O–H groups in total. The molecule has 3 rings (SSSR count). The zero-order valence-electron chi connectivity index (χ0n) is 15.3. The van der Waals surface area contributed by atoms with E-state index >= 15 is 0 Å². The Morgan fingerprint density at radius 1 is 1.04 bits per heavy atom. The van der Waals surface area contributed by atoms with Crippen LogP contribution in [-0.2, 0) is 19.5 Å². The van der Waals surface area contributed by atoms with Crippen LogP contribution in [0.25, 0.3) is 0 Å². The van der Waals surface area contributed by atoms with E-state index in [1.165, 1.54) is 47.8 Å². The van der Waals surface area contributed by atoms with E-state index in [9.17, 15) is 18.0 Å². The van der Waals surface area contributed by atoms with Crippen LogP contribution in [0.2, 0.25) is 0 Å². The number of amides is 1. The fourth-order valence-corrected chi connectivity index (χ4v) is 4.20. The molecule has 1 saturated heterocycles. The molecular formula is C19H20N2O6S. The highest BCUT2D eigenvalue weighted by atomic mass is 32.2. The van der Waals surface area contributed by atoms with Crippen molar-refractivity contribution >= 4 is 27.6 Å². The van der Waals surface area contributed by atoms with Crippen molar-refractivity contribution in [2.75, 3.05) is 38.7 Å². The summed E-state index contributed by atoms with van der Waals surface area (Å²) in [7, 11) is -2.37. The lowest BCUT2D eigenvalue weighted by atomic mass is 10.1. The predicted molar refractivity (Wildman–Crippen MR) is 102 cm³/mol. The van der Waals surface area contributed by atoms with Crippen LogP contribution in [0.5, 0.6) is 0 Å². The van der Waals surface area contributed by atoms with Gasteiger partial charge >= 0.3 is 5.97 Å². The maximum absolute atomic E-state index is 12.7. The standard InChI is InChI=1S/C19H20N2O6S/c1-26-19(23)15-7-5-14(6-8-15)18(22)20-16-3-2-4-17(13-16)28(24,25)21-9-11-27-12-10-21/h2-8,13H,9-12H2,1H3,(H,20,22). The molecule has 28 heavy (non-hydrogen) atoms.